The van der Waals surface area contributed by atoms with E-state index in [4.69, 9.17) is 21.6 Å². The van der Waals surface area contributed by atoms with Crippen LogP contribution in [0.1, 0.15) is 105 Å². The predicted molar refractivity (Wildman–Crippen MR) is 159 cm³/mol. The summed E-state index contributed by atoms with van der Waals surface area (Å²) >= 11 is 14.0. The minimum absolute atomic E-state index is 0.716. The standard InChI is InChI=1S/C23H46ClN5S4/c1-5-9-13-17-30-23(24)26-21(28-31-18-14-10-6-2)25-22(27-23)29(32-19-15-11-7-3)33-20-16-12-8-4/h5-20H2,1-4H3,(H2,25,26,27,28). The van der Waals surface area contributed by atoms with Crippen molar-refractivity contribution in [2.45, 2.75) is 109 Å². The molecule has 0 aromatic carbocycles. The van der Waals surface area contributed by atoms with Gasteiger partial charge in [0.05, 0.1) is 0 Å². The van der Waals surface area contributed by atoms with Gasteiger partial charge < -0.3 is 0 Å². The summed E-state index contributed by atoms with van der Waals surface area (Å²) in [6, 6.07) is 0. The molecule has 1 rings (SSSR count). The zero-order chi connectivity index (χ0) is 24.2. The highest BCUT2D eigenvalue weighted by Gasteiger charge is 2.34. The number of hydrogen-bond donors (Lipinski definition) is 2. The van der Waals surface area contributed by atoms with Gasteiger partial charge in [0.15, 0.2) is 0 Å². The number of hydrogen-bond acceptors (Lipinski definition) is 9. The van der Waals surface area contributed by atoms with E-state index >= 15 is 0 Å². The van der Waals surface area contributed by atoms with E-state index in [0.717, 1.165) is 35.4 Å². The second-order valence-corrected chi connectivity index (χ2v) is 13.3. The monoisotopic (exact) mass is 555 g/mol. The lowest BCUT2D eigenvalue weighted by atomic mass is 10.3. The second kappa shape index (κ2) is 20.6. The van der Waals surface area contributed by atoms with Crippen LogP contribution in [0.3, 0.4) is 0 Å². The molecule has 0 aromatic heterocycles. The van der Waals surface area contributed by atoms with E-state index in [0.29, 0.717) is 5.96 Å². The number of halogens is 1. The molecule has 5 nitrogen and oxygen atoms in total. The van der Waals surface area contributed by atoms with Crippen LogP contribution in [0.25, 0.3) is 0 Å². The molecule has 194 valence electrons. The first-order valence-corrected chi connectivity index (χ1v) is 17.0. The number of nitrogens with zero attached hydrogens (tertiary/aromatic N) is 3. The fourth-order valence-electron chi connectivity index (χ4n) is 2.91. The molecule has 10 heteroatoms. The van der Waals surface area contributed by atoms with Crippen molar-refractivity contribution in [2.24, 2.45) is 9.98 Å². The summed E-state index contributed by atoms with van der Waals surface area (Å²) in [6.07, 6.45) is 14.7. The van der Waals surface area contributed by atoms with Crippen molar-refractivity contribution in [3.63, 3.8) is 0 Å². The third kappa shape index (κ3) is 15.2. The molecule has 0 amide bonds. The van der Waals surface area contributed by atoms with Gasteiger partial charge in [-0.05, 0) is 55.3 Å². The Morgan fingerprint density at radius 2 is 1.27 bits per heavy atom. The van der Waals surface area contributed by atoms with Gasteiger partial charge in [0.2, 0.25) is 11.9 Å². The molecule has 0 fully saturated rings. The van der Waals surface area contributed by atoms with Crippen molar-refractivity contribution in [1.82, 2.24) is 13.7 Å². The van der Waals surface area contributed by atoms with Gasteiger partial charge >= 0.3 is 0 Å². The van der Waals surface area contributed by atoms with E-state index in [2.05, 4.69) is 41.4 Å². The van der Waals surface area contributed by atoms with Crippen LogP contribution in [-0.4, -0.2) is 43.1 Å². The molecule has 1 atom stereocenters. The maximum absolute atomic E-state index is 6.97. The van der Waals surface area contributed by atoms with Crippen LogP contribution < -0.4 is 10.0 Å². The molecule has 0 saturated carbocycles. The first-order valence-electron chi connectivity index (χ1n) is 12.8. The van der Waals surface area contributed by atoms with Crippen LogP contribution >= 0.6 is 59.2 Å². The van der Waals surface area contributed by atoms with Crippen molar-refractivity contribution in [1.29, 1.82) is 0 Å². The summed E-state index contributed by atoms with van der Waals surface area (Å²) in [5.74, 6) is 5.71. The molecule has 1 unspecified atom stereocenters. The van der Waals surface area contributed by atoms with E-state index in [-0.39, 0.29) is 0 Å². The summed E-state index contributed by atoms with van der Waals surface area (Å²) in [4.78, 5) is 9.65. The maximum atomic E-state index is 6.97. The Morgan fingerprint density at radius 3 is 1.82 bits per heavy atom. The number of guanidine groups is 2. The number of unbranched alkanes of at least 4 members (excludes halogenated alkanes) is 8. The fourth-order valence-corrected chi connectivity index (χ4v) is 7.07. The largest absolute Gasteiger partial charge is 0.300 e. The molecule has 0 aliphatic carbocycles. The normalized spacial score (nSPS) is 18.0. The summed E-state index contributed by atoms with van der Waals surface area (Å²) in [7, 11) is 0. The molecule has 0 aromatic rings. The average Bonchev–Trinajstić information content (AvgIpc) is 2.80. The minimum Gasteiger partial charge on any atom is -0.300 e. The van der Waals surface area contributed by atoms with Crippen LogP contribution in [0.4, 0.5) is 0 Å². The zero-order valence-electron chi connectivity index (χ0n) is 21.2. The SMILES string of the molecule is CCCCCSNC1=NC(Cl)(SCCCCC)N=C(N(SCCCCC)SCCCCC)N1. The highest BCUT2D eigenvalue weighted by Crippen LogP contribution is 2.37. The summed E-state index contributed by atoms with van der Waals surface area (Å²) in [6.45, 7) is 8.95. The van der Waals surface area contributed by atoms with Gasteiger partial charge in [-0.3, -0.25) is 10.0 Å². The quantitative estimate of drug-likeness (QED) is 0.0675. The Kier molecular flexibility index (Phi) is 19.6. The average molecular weight is 556 g/mol. The lowest BCUT2D eigenvalue weighted by molar-refractivity contribution is 0.763. The smallest absolute Gasteiger partial charge is 0.281 e. The van der Waals surface area contributed by atoms with Crippen LogP contribution in [0, 0.1) is 0 Å². The first kappa shape index (κ1) is 31.5. The van der Waals surface area contributed by atoms with Gasteiger partial charge in [-0.1, -0.05) is 114 Å². The van der Waals surface area contributed by atoms with Crippen LogP contribution in [0.5, 0.6) is 0 Å². The third-order valence-electron chi connectivity index (χ3n) is 4.86. The van der Waals surface area contributed by atoms with Gasteiger partial charge in [0.1, 0.15) is 0 Å². The Morgan fingerprint density at radius 1 is 0.758 bits per heavy atom. The number of thioether (sulfide) groups is 1. The summed E-state index contributed by atoms with van der Waals surface area (Å²) in [5, 5.41) is 3.44. The summed E-state index contributed by atoms with van der Waals surface area (Å²) < 4.78 is 4.64. The molecular weight excluding hydrogens is 510 g/mol. The Bertz CT molecular complexity index is 541. The van der Waals surface area contributed by atoms with Gasteiger partial charge in [-0.15, -0.1) is 0 Å². The zero-order valence-corrected chi connectivity index (χ0v) is 25.2. The Balaban J connectivity index is 2.87. The van der Waals surface area contributed by atoms with Crippen molar-refractivity contribution < 1.29 is 0 Å². The lowest BCUT2D eigenvalue weighted by Gasteiger charge is -2.31. The maximum Gasteiger partial charge on any atom is 0.281 e. The molecule has 33 heavy (non-hydrogen) atoms. The Hall–Kier alpha value is 0.430. The van der Waals surface area contributed by atoms with Crippen LogP contribution in [0.15, 0.2) is 9.98 Å². The highest BCUT2D eigenvalue weighted by molar-refractivity contribution is 8.12. The van der Waals surface area contributed by atoms with Gasteiger partial charge in [0.25, 0.3) is 4.45 Å². The van der Waals surface area contributed by atoms with Gasteiger partial charge in [0, 0.05) is 17.3 Å². The minimum atomic E-state index is -1.01. The first-order chi connectivity index (χ1) is 16.1. The topological polar surface area (TPSA) is 52.0 Å². The predicted octanol–water partition coefficient (Wildman–Crippen LogP) is 8.48. The third-order valence-corrected chi connectivity index (χ3v) is 9.62. The van der Waals surface area contributed by atoms with Crippen molar-refractivity contribution in [3.8, 4) is 0 Å². The van der Waals surface area contributed by atoms with Crippen LogP contribution in [0.2, 0.25) is 0 Å². The lowest BCUT2D eigenvalue weighted by Crippen LogP contribution is -2.48. The fraction of sp³-hybridized carbons (Fsp3) is 0.913. The molecule has 0 radical (unpaired) electrons. The number of alkyl halides is 1. The molecule has 0 spiro atoms. The van der Waals surface area contributed by atoms with Gasteiger partial charge in [-0.25, -0.2) is 3.71 Å². The van der Waals surface area contributed by atoms with Crippen molar-refractivity contribution in [3.05, 3.63) is 0 Å². The van der Waals surface area contributed by atoms with Crippen molar-refractivity contribution in [2.75, 3.05) is 23.0 Å². The number of aliphatic imine (C=N–C) groups is 2. The van der Waals surface area contributed by atoms with E-state index in [9.17, 15) is 0 Å². The number of rotatable bonds is 20. The molecule has 1 aliphatic heterocycles. The van der Waals surface area contributed by atoms with E-state index in [1.54, 1.807) is 23.7 Å². The second-order valence-electron chi connectivity index (χ2n) is 8.10. The Labute approximate surface area is 226 Å². The molecule has 2 N–H and O–H groups in total. The molecule has 1 aliphatic rings. The molecule has 0 saturated heterocycles. The molecule has 0 bridgehead atoms. The molecular formula is C23H46ClN5S4. The van der Waals surface area contributed by atoms with E-state index in [1.165, 1.54) is 70.6 Å². The highest BCUT2D eigenvalue weighted by atomic mass is 35.5. The van der Waals surface area contributed by atoms with Gasteiger partial charge in [-0.2, -0.15) is 9.98 Å². The van der Waals surface area contributed by atoms with E-state index in [1.807, 2.05) is 23.9 Å². The van der Waals surface area contributed by atoms with Crippen LogP contribution in [-0.2, 0) is 0 Å². The molecule has 1 heterocycles. The van der Waals surface area contributed by atoms with E-state index < -0.39 is 4.45 Å². The number of nitrogens with one attached hydrogen (secondary N) is 2. The summed E-state index contributed by atoms with van der Waals surface area (Å²) in [5.41, 5.74) is 0. The van der Waals surface area contributed by atoms with Crippen molar-refractivity contribution >= 4 is 71.1 Å².